The number of carbonyl (C=O) groups excluding carboxylic acids is 3. The Hall–Kier alpha value is -2.60. The van der Waals surface area contributed by atoms with E-state index in [2.05, 4.69) is 15.9 Å². The van der Waals surface area contributed by atoms with Gasteiger partial charge in [-0.1, -0.05) is 35.0 Å². The number of piperidine rings is 1. The van der Waals surface area contributed by atoms with E-state index in [4.69, 9.17) is 4.74 Å². The van der Waals surface area contributed by atoms with Crippen molar-refractivity contribution in [1.82, 2.24) is 4.90 Å². The van der Waals surface area contributed by atoms with Crippen molar-refractivity contribution in [1.29, 1.82) is 0 Å². The number of likely N-dealkylation sites (tertiary alicyclic amines) is 1. The molecule has 2 aromatic carbocycles. The Morgan fingerprint density at radius 3 is 2.55 bits per heavy atom. The van der Waals surface area contributed by atoms with Crippen LogP contribution in [0.3, 0.4) is 0 Å². The molecule has 4 aliphatic rings. The molecule has 5 atom stereocenters. The fourth-order valence-electron chi connectivity index (χ4n) is 8.06. The van der Waals surface area contributed by atoms with Gasteiger partial charge in [0.05, 0.1) is 37.4 Å². The van der Waals surface area contributed by atoms with Crippen molar-refractivity contribution in [3.63, 3.8) is 0 Å². The normalized spacial score (nSPS) is 28.8. The van der Waals surface area contributed by atoms with Crippen LogP contribution < -0.4 is 9.80 Å². The Kier molecular flexibility index (Phi) is 8.53. The molecule has 8 nitrogen and oxygen atoms in total. The first-order chi connectivity index (χ1) is 21.0. The largest absolute Gasteiger partial charge is 0.394 e. The molecule has 11 heteroatoms. The van der Waals surface area contributed by atoms with Crippen molar-refractivity contribution in [3.8, 4) is 0 Å². The number of rotatable bonds is 7. The quantitative estimate of drug-likeness (QED) is 0.300. The average Bonchev–Trinajstić information content (AvgIpc) is 3.64. The lowest BCUT2D eigenvalue weighted by molar-refractivity contribution is -0.150. The molecule has 0 saturated carbocycles. The lowest BCUT2D eigenvalue weighted by Gasteiger charge is -2.31. The Balaban J connectivity index is 1.31. The third-order valence-electron chi connectivity index (χ3n) is 10.1. The highest BCUT2D eigenvalue weighted by atomic mass is 79.9. The molecule has 236 valence electrons. The fourth-order valence-corrected chi connectivity index (χ4v) is 10.9. The summed E-state index contributed by atoms with van der Waals surface area (Å²) in [5.41, 5.74) is 1.14. The van der Waals surface area contributed by atoms with Crippen molar-refractivity contribution in [2.45, 2.75) is 88.4 Å². The number of fused-ring (bicyclic) bond motifs is 2. The van der Waals surface area contributed by atoms with Gasteiger partial charge in [-0.05, 0) is 74.7 Å². The standard InChI is InChI=1S/C33H41BrFN3O5Si/c1-21-31(44(2,3)35)28(18-30(41)37-16-6-7-25(37)20-39)43-33(21)26-17-23(34)11-14-27(26)38(32(33)42)19-22-9-12-24(13-10-22)36-15-5-4-8-29(36)40/h9-14,17,21,25,28,31,39H,4-8,15-16,18-20H2,1-3H3/t21-,25-,28+,31-,33+/m0/s1. The van der Waals surface area contributed by atoms with Crippen molar-refractivity contribution in [2.24, 2.45) is 5.92 Å². The highest BCUT2D eigenvalue weighted by Gasteiger charge is 2.67. The summed E-state index contributed by atoms with van der Waals surface area (Å²) in [5, 5.41) is 9.80. The number of ether oxygens (including phenoxy) is 1. The molecule has 1 N–H and O–H groups in total. The zero-order chi connectivity index (χ0) is 31.4. The molecule has 2 aromatic rings. The maximum absolute atomic E-state index is 16.2. The number of carbonyl (C=O) groups is 3. The summed E-state index contributed by atoms with van der Waals surface area (Å²) in [6, 6.07) is 13.2. The van der Waals surface area contributed by atoms with E-state index in [0.717, 1.165) is 41.4 Å². The summed E-state index contributed by atoms with van der Waals surface area (Å²) in [6.07, 6.45) is 3.23. The maximum atomic E-state index is 16.2. The molecule has 0 unspecified atom stereocenters. The van der Waals surface area contributed by atoms with Crippen LogP contribution in [-0.2, 0) is 31.3 Å². The molecule has 4 aliphatic heterocycles. The van der Waals surface area contributed by atoms with E-state index in [9.17, 15) is 19.5 Å². The first-order valence-electron chi connectivity index (χ1n) is 15.7. The van der Waals surface area contributed by atoms with E-state index in [1.807, 2.05) is 54.3 Å². The van der Waals surface area contributed by atoms with Crippen molar-refractivity contribution in [3.05, 3.63) is 58.1 Å². The SMILES string of the molecule is C[C@H]1[C@H]([Si](C)(C)F)[C@@H](CC(=O)N2CCC[C@H]2CO)O[C@]12C(=O)N(Cc1ccc(N3CCCCC3=O)cc1)c1ccc(Br)cc12. The van der Waals surface area contributed by atoms with E-state index in [1.54, 1.807) is 22.9 Å². The number of hydrogen-bond donors (Lipinski definition) is 1. The van der Waals surface area contributed by atoms with Crippen molar-refractivity contribution in [2.75, 3.05) is 29.5 Å². The molecule has 3 saturated heterocycles. The molecule has 0 radical (unpaired) electrons. The van der Waals surface area contributed by atoms with Crippen LogP contribution in [0.4, 0.5) is 15.5 Å². The molecule has 0 aromatic heterocycles. The summed E-state index contributed by atoms with van der Waals surface area (Å²) in [6.45, 7) is 6.62. The van der Waals surface area contributed by atoms with Gasteiger partial charge in [-0.25, -0.2) is 0 Å². The highest BCUT2D eigenvalue weighted by Crippen LogP contribution is 2.60. The van der Waals surface area contributed by atoms with E-state index in [1.165, 1.54) is 0 Å². The molecule has 44 heavy (non-hydrogen) atoms. The lowest BCUT2D eigenvalue weighted by atomic mass is 9.82. The molecular weight excluding hydrogens is 645 g/mol. The van der Waals surface area contributed by atoms with Gasteiger partial charge in [0.1, 0.15) is 0 Å². The highest BCUT2D eigenvalue weighted by molar-refractivity contribution is 9.10. The van der Waals surface area contributed by atoms with Crippen LogP contribution in [0.25, 0.3) is 0 Å². The molecule has 1 spiro atoms. The van der Waals surface area contributed by atoms with Gasteiger partial charge < -0.3 is 28.7 Å². The summed E-state index contributed by atoms with van der Waals surface area (Å²) >= 11 is 3.57. The van der Waals surface area contributed by atoms with Crippen LogP contribution in [-0.4, -0.2) is 68.0 Å². The summed E-state index contributed by atoms with van der Waals surface area (Å²) in [5.74, 6) is -0.785. The second kappa shape index (κ2) is 12.0. The minimum absolute atomic E-state index is 0.0269. The summed E-state index contributed by atoms with van der Waals surface area (Å²) in [7, 11) is -3.42. The second-order valence-electron chi connectivity index (χ2n) is 13.3. The molecule has 0 aliphatic carbocycles. The number of amides is 3. The maximum Gasteiger partial charge on any atom is 0.264 e. The zero-order valence-electron chi connectivity index (χ0n) is 25.6. The van der Waals surface area contributed by atoms with Gasteiger partial charge in [-0.3, -0.25) is 14.4 Å². The molecule has 4 heterocycles. The van der Waals surface area contributed by atoms with Gasteiger partial charge >= 0.3 is 0 Å². The topological polar surface area (TPSA) is 90.4 Å². The predicted molar refractivity (Wildman–Crippen MR) is 172 cm³/mol. The van der Waals surface area contributed by atoms with E-state index in [-0.39, 0.29) is 43.3 Å². The Morgan fingerprint density at radius 2 is 1.86 bits per heavy atom. The summed E-state index contributed by atoms with van der Waals surface area (Å²) < 4.78 is 23.7. The smallest absolute Gasteiger partial charge is 0.264 e. The van der Waals surface area contributed by atoms with E-state index >= 15 is 4.11 Å². The third kappa shape index (κ3) is 5.33. The molecular formula is C33H41BrFN3O5Si. The van der Waals surface area contributed by atoms with Crippen LogP contribution >= 0.6 is 15.9 Å². The number of nitrogens with zero attached hydrogens (tertiary/aromatic N) is 3. The monoisotopic (exact) mass is 685 g/mol. The van der Waals surface area contributed by atoms with Crippen LogP contribution in [0.15, 0.2) is 46.9 Å². The summed E-state index contributed by atoms with van der Waals surface area (Å²) in [4.78, 5) is 45.8. The van der Waals surface area contributed by atoms with Gasteiger partial charge in [0, 0.05) is 46.7 Å². The van der Waals surface area contributed by atoms with Crippen LogP contribution in [0.2, 0.25) is 18.6 Å². The van der Waals surface area contributed by atoms with E-state index in [0.29, 0.717) is 30.8 Å². The first kappa shape index (κ1) is 31.4. The van der Waals surface area contributed by atoms with Crippen LogP contribution in [0.5, 0.6) is 0 Å². The third-order valence-corrected chi connectivity index (χ3v) is 13.1. The Morgan fingerprint density at radius 1 is 1.11 bits per heavy atom. The van der Waals surface area contributed by atoms with Gasteiger partial charge in [0.15, 0.2) is 5.60 Å². The fraction of sp³-hybridized carbons (Fsp3) is 0.545. The molecule has 6 rings (SSSR count). The Bertz CT molecular complexity index is 1450. The molecule has 0 bridgehead atoms. The first-order valence-corrected chi connectivity index (χ1v) is 19.5. The average molecular weight is 687 g/mol. The number of halogens is 2. The van der Waals surface area contributed by atoms with Crippen LogP contribution in [0.1, 0.15) is 56.6 Å². The van der Waals surface area contributed by atoms with Crippen LogP contribution in [0, 0.1) is 5.92 Å². The number of aliphatic hydroxyl groups is 1. The van der Waals surface area contributed by atoms with E-state index < -0.39 is 31.6 Å². The van der Waals surface area contributed by atoms with Crippen molar-refractivity contribution >= 4 is 53.4 Å². The minimum atomic E-state index is -3.42. The number of benzene rings is 2. The minimum Gasteiger partial charge on any atom is -0.394 e. The van der Waals surface area contributed by atoms with Crippen molar-refractivity contribution < 1.29 is 28.3 Å². The second-order valence-corrected chi connectivity index (χ2v) is 18.0. The number of anilines is 2. The molecule has 3 amide bonds. The zero-order valence-corrected chi connectivity index (χ0v) is 28.2. The molecule has 3 fully saturated rings. The van der Waals surface area contributed by atoms with Gasteiger partial charge in [0.2, 0.25) is 20.2 Å². The number of hydrogen-bond acceptors (Lipinski definition) is 5. The number of aliphatic hydroxyl groups excluding tert-OH is 1. The Labute approximate surface area is 267 Å². The van der Waals surface area contributed by atoms with Gasteiger partial charge in [-0.15, -0.1) is 0 Å². The van der Waals surface area contributed by atoms with Gasteiger partial charge in [-0.2, -0.15) is 0 Å². The predicted octanol–water partition coefficient (Wildman–Crippen LogP) is 5.66. The van der Waals surface area contributed by atoms with Gasteiger partial charge in [0.25, 0.3) is 5.91 Å². The lowest BCUT2D eigenvalue weighted by Crippen LogP contribution is -2.45.